The summed E-state index contributed by atoms with van der Waals surface area (Å²) in [5, 5.41) is 27.1. The third-order valence-corrected chi connectivity index (χ3v) is 5.24. The smallest absolute Gasteiger partial charge is 0.364 e. The number of carbonyl (C=O) groups excluding carboxylic acids is 1. The molecule has 1 fully saturated rings. The van der Waals surface area contributed by atoms with Crippen LogP contribution in [0.2, 0.25) is 0 Å². The maximum absolute atomic E-state index is 14.3. The summed E-state index contributed by atoms with van der Waals surface area (Å²) in [6, 6.07) is 7.59. The average molecular weight is 453 g/mol. The summed E-state index contributed by atoms with van der Waals surface area (Å²) < 4.78 is 54.3. The van der Waals surface area contributed by atoms with Crippen LogP contribution in [0.3, 0.4) is 0 Å². The summed E-state index contributed by atoms with van der Waals surface area (Å²) >= 11 is 5.34. The van der Waals surface area contributed by atoms with E-state index in [4.69, 9.17) is 17.5 Å². The van der Waals surface area contributed by atoms with Gasteiger partial charge >= 0.3 is 6.18 Å². The van der Waals surface area contributed by atoms with Gasteiger partial charge in [-0.3, -0.25) is 9.69 Å². The minimum absolute atomic E-state index is 0.0949. The van der Waals surface area contributed by atoms with Crippen molar-refractivity contribution in [1.29, 1.82) is 5.26 Å². The number of benzene rings is 2. The SMILES string of the molecule is CC1(C)C(=O)N(c2ccc(C#N)c(C(F)(F)F)c2)C(=S)N1c1ccc(C(O)O)c(F)c1. The van der Waals surface area contributed by atoms with Crippen molar-refractivity contribution in [3.63, 3.8) is 0 Å². The number of nitrogens with zero attached hydrogens (tertiary/aromatic N) is 3. The molecule has 11 heteroatoms. The van der Waals surface area contributed by atoms with Gasteiger partial charge in [0.15, 0.2) is 11.4 Å². The average Bonchev–Trinajstić information content (AvgIpc) is 2.84. The number of halogens is 4. The fraction of sp³-hybridized carbons (Fsp3) is 0.250. The Morgan fingerprint density at radius 1 is 1.13 bits per heavy atom. The third kappa shape index (κ3) is 3.74. The Hall–Kier alpha value is -3.07. The van der Waals surface area contributed by atoms with Crippen molar-refractivity contribution in [2.24, 2.45) is 0 Å². The first kappa shape index (κ1) is 22.6. The van der Waals surface area contributed by atoms with Crippen LogP contribution in [-0.4, -0.2) is 26.8 Å². The van der Waals surface area contributed by atoms with E-state index in [9.17, 15) is 32.6 Å². The Bertz CT molecular complexity index is 1130. The highest BCUT2D eigenvalue weighted by molar-refractivity contribution is 7.81. The molecular weight excluding hydrogens is 438 g/mol. The van der Waals surface area contributed by atoms with Gasteiger partial charge in [-0.2, -0.15) is 18.4 Å². The van der Waals surface area contributed by atoms with Crippen molar-refractivity contribution in [2.75, 3.05) is 9.80 Å². The van der Waals surface area contributed by atoms with Crippen molar-refractivity contribution >= 4 is 34.6 Å². The van der Waals surface area contributed by atoms with E-state index >= 15 is 0 Å². The summed E-state index contributed by atoms with van der Waals surface area (Å²) in [7, 11) is 0. The number of alkyl halides is 3. The molecule has 162 valence electrons. The van der Waals surface area contributed by atoms with Gasteiger partial charge in [0, 0.05) is 11.3 Å². The van der Waals surface area contributed by atoms with Gasteiger partial charge in [-0.15, -0.1) is 0 Å². The largest absolute Gasteiger partial charge is 0.417 e. The number of hydrogen-bond acceptors (Lipinski definition) is 5. The summed E-state index contributed by atoms with van der Waals surface area (Å²) in [6.45, 7) is 2.92. The lowest BCUT2D eigenvalue weighted by Crippen LogP contribution is -2.44. The number of rotatable bonds is 3. The summed E-state index contributed by atoms with van der Waals surface area (Å²) in [4.78, 5) is 15.2. The molecule has 1 aliphatic heterocycles. The Labute approximate surface area is 179 Å². The molecule has 3 rings (SSSR count). The minimum Gasteiger partial charge on any atom is -0.364 e. The van der Waals surface area contributed by atoms with Gasteiger partial charge in [0.25, 0.3) is 5.91 Å². The van der Waals surface area contributed by atoms with Crippen LogP contribution in [0.4, 0.5) is 28.9 Å². The zero-order chi connectivity index (χ0) is 23.3. The molecule has 0 bridgehead atoms. The Morgan fingerprint density at radius 3 is 2.26 bits per heavy atom. The van der Waals surface area contributed by atoms with Gasteiger partial charge in [-0.05, 0) is 62.5 Å². The highest BCUT2D eigenvalue weighted by Gasteiger charge is 2.50. The minimum atomic E-state index is -4.83. The van der Waals surface area contributed by atoms with Crippen LogP contribution in [0.25, 0.3) is 0 Å². The topological polar surface area (TPSA) is 87.8 Å². The van der Waals surface area contributed by atoms with Crippen LogP contribution < -0.4 is 9.80 Å². The molecule has 0 spiro atoms. The van der Waals surface area contributed by atoms with Gasteiger partial charge in [0.05, 0.1) is 22.9 Å². The number of carbonyl (C=O) groups is 1. The standard InChI is InChI=1S/C20H15F4N3O3S/c1-19(2)17(30)26(11-4-3-10(9-25)14(7-11)20(22,23)24)18(31)27(19)12-5-6-13(16(28)29)15(21)8-12/h3-8,16,28-29H,1-2H3. The highest BCUT2D eigenvalue weighted by Crippen LogP contribution is 2.40. The molecule has 0 saturated carbocycles. The number of aliphatic hydroxyl groups is 2. The monoisotopic (exact) mass is 453 g/mol. The summed E-state index contributed by atoms with van der Waals surface area (Å²) in [5.41, 5.74) is -3.71. The Kier molecular flexibility index (Phi) is 5.52. The molecule has 1 aliphatic rings. The molecule has 2 aromatic rings. The van der Waals surface area contributed by atoms with Gasteiger partial charge in [0.1, 0.15) is 11.4 Å². The van der Waals surface area contributed by atoms with E-state index < -0.39 is 46.4 Å². The lowest BCUT2D eigenvalue weighted by molar-refractivity contribution is -0.137. The molecule has 0 unspecified atom stereocenters. The predicted molar refractivity (Wildman–Crippen MR) is 106 cm³/mol. The first-order chi connectivity index (χ1) is 14.3. The van der Waals surface area contributed by atoms with Crippen molar-refractivity contribution in [3.8, 4) is 6.07 Å². The molecule has 1 heterocycles. The lowest BCUT2D eigenvalue weighted by atomic mass is 10.0. The normalized spacial score (nSPS) is 16.3. The van der Waals surface area contributed by atoms with E-state index in [1.165, 1.54) is 36.9 Å². The summed E-state index contributed by atoms with van der Waals surface area (Å²) in [5.74, 6) is -1.63. The maximum Gasteiger partial charge on any atom is 0.417 e. The van der Waals surface area contributed by atoms with Crippen LogP contribution in [0, 0.1) is 17.1 Å². The molecule has 1 saturated heterocycles. The van der Waals surface area contributed by atoms with Crippen LogP contribution in [0.1, 0.15) is 36.8 Å². The van der Waals surface area contributed by atoms with Crippen molar-refractivity contribution in [1.82, 2.24) is 0 Å². The molecule has 1 amide bonds. The molecular formula is C20H15F4N3O3S. The molecule has 31 heavy (non-hydrogen) atoms. The van der Waals surface area contributed by atoms with Gasteiger partial charge in [-0.1, -0.05) is 0 Å². The number of amides is 1. The number of thiocarbonyl (C=S) groups is 1. The molecule has 0 atom stereocenters. The number of anilines is 2. The first-order valence-corrected chi connectivity index (χ1v) is 9.17. The van der Waals surface area contributed by atoms with Crippen LogP contribution in [0.15, 0.2) is 36.4 Å². The van der Waals surface area contributed by atoms with E-state index in [0.29, 0.717) is 6.07 Å². The number of nitriles is 1. The maximum atomic E-state index is 14.3. The fourth-order valence-electron chi connectivity index (χ4n) is 3.32. The fourth-order valence-corrected chi connectivity index (χ4v) is 3.85. The number of aliphatic hydroxyl groups excluding tert-OH is 1. The lowest BCUT2D eigenvalue weighted by Gasteiger charge is -2.29. The molecule has 2 aromatic carbocycles. The molecule has 6 nitrogen and oxygen atoms in total. The second kappa shape index (κ2) is 7.56. The zero-order valence-corrected chi connectivity index (χ0v) is 16.9. The second-order valence-electron chi connectivity index (χ2n) is 7.24. The van der Waals surface area contributed by atoms with E-state index in [-0.39, 0.29) is 16.5 Å². The predicted octanol–water partition coefficient (Wildman–Crippen LogP) is 3.62. The Morgan fingerprint density at radius 2 is 1.74 bits per heavy atom. The summed E-state index contributed by atoms with van der Waals surface area (Å²) in [6.07, 6.45) is -6.88. The van der Waals surface area contributed by atoms with E-state index in [2.05, 4.69) is 0 Å². The van der Waals surface area contributed by atoms with Gasteiger partial charge in [0.2, 0.25) is 0 Å². The molecule has 2 N–H and O–H groups in total. The van der Waals surface area contributed by atoms with E-state index in [1.54, 1.807) is 0 Å². The second-order valence-corrected chi connectivity index (χ2v) is 7.60. The molecule has 0 aliphatic carbocycles. The third-order valence-electron chi connectivity index (χ3n) is 4.88. The van der Waals surface area contributed by atoms with E-state index in [1.807, 2.05) is 0 Å². The number of hydrogen-bond donors (Lipinski definition) is 2. The van der Waals surface area contributed by atoms with E-state index in [0.717, 1.165) is 23.1 Å². The highest BCUT2D eigenvalue weighted by atomic mass is 32.1. The van der Waals surface area contributed by atoms with Gasteiger partial charge in [-0.25, -0.2) is 4.39 Å². The van der Waals surface area contributed by atoms with Crippen LogP contribution >= 0.6 is 12.2 Å². The van der Waals surface area contributed by atoms with Crippen molar-refractivity contribution in [2.45, 2.75) is 31.9 Å². The molecule has 0 aromatic heterocycles. The van der Waals surface area contributed by atoms with Crippen molar-refractivity contribution in [3.05, 3.63) is 58.9 Å². The Balaban J connectivity index is 2.11. The quantitative estimate of drug-likeness (QED) is 0.420. The van der Waals surface area contributed by atoms with Crippen LogP contribution in [0.5, 0.6) is 0 Å². The molecule has 0 radical (unpaired) electrons. The zero-order valence-electron chi connectivity index (χ0n) is 16.1. The van der Waals surface area contributed by atoms with Crippen molar-refractivity contribution < 1.29 is 32.6 Å². The van der Waals surface area contributed by atoms with Gasteiger partial charge < -0.3 is 15.1 Å². The van der Waals surface area contributed by atoms with Crippen LogP contribution in [-0.2, 0) is 11.0 Å². The first-order valence-electron chi connectivity index (χ1n) is 8.76.